The number of hydrogen-bond acceptors (Lipinski definition) is 9. The Labute approximate surface area is 180 Å². The number of carboxylic acids is 2. The van der Waals surface area contributed by atoms with E-state index in [0.29, 0.717) is 19.4 Å². The van der Waals surface area contributed by atoms with Crippen molar-refractivity contribution < 1.29 is 70.9 Å². The van der Waals surface area contributed by atoms with E-state index in [0.717, 1.165) is 0 Å². The van der Waals surface area contributed by atoms with E-state index < -0.39 is 32.3 Å². The van der Waals surface area contributed by atoms with Gasteiger partial charge in [0.25, 0.3) is 0 Å². The molecular formula is C14H31N2O10PPt. The number of nitrogens with zero attached hydrogens (tertiary/aromatic N) is 1. The first-order chi connectivity index (χ1) is 12.6. The summed E-state index contributed by atoms with van der Waals surface area (Å²) < 4.78 is 6.49. The van der Waals surface area contributed by atoms with Gasteiger partial charge in [0.1, 0.15) is 0 Å². The molecular weight excluding hydrogens is 582 g/mol. The van der Waals surface area contributed by atoms with Gasteiger partial charge in [0.2, 0.25) is 9.03 Å². The van der Waals surface area contributed by atoms with Crippen molar-refractivity contribution in [2.45, 2.75) is 19.3 Å². The van der Waals surface area contributed by atoms with Crippen LogP contribution < -0.4 is 0 Å². The molecule has 0 amide bonds. The molecule has 0 saturated heterocycles. The Hall–Kier alpha value is -0.262. The van der Waals surface area contributed by atoms with Crippen molar-refractivity contribution in [1.29, 1.82) is 0 Å². The average Bonchev–Trinajstić information content (AvgIpc) is 2.62. The second-order valence-corrected chi connectivity index (χ2v) is 6.27. The second kappa shape index (κ2) is 23.0. The Balaban J connectivity index is -0.000000167. The van der Waals surface area contributed by atoms with Crippen LogP contribution in [-0.4, -0.2) is 88.2 Å². The molecule has 0 saturated carbocycles. The third-order valence-electron chi connectivity index (χ3n) is 3.35. The van der Waals surface area contributed by atoms with Crippen LogP contribution in [0.4, 0.5) is 0 Å². The molecule has 0 aliphatic rings. The molecule has 14 heteroatoms. The van der Waals surface area contributed by atoms with Gasteiger partial charge in [-0.25, -0.2) is 10.5 Å². The predicted octanol–water partition coefficient (Wildman–Crippen LogP) is 0.819. The summed E-state index contributed by atoms with van der Waals surface area (Å²) in [7, 11) is 2.95. The van der Waals surface area contributed by atoms with Gasteiger partial charge in [0.15, 0.2) is 0 Å². The summed E-state index contributed by atoms with van der Waals surface area (Å²) in [6.45, 7) is 3.84. The molecule has 172 valence electrons. The van der Waals surface area contributed by atoms with E-state index >= 15 is 0 Å². The molecule has 0 rings (SSSR count). The Morgan fingerprint density at radius 1 is 1.18 bits per heavy atom. The van der Waals surface area contributed by atoms with Gasteiger partial charge >= 0.3 is 33.0 Å². The maximum absolute atomic E-state index is 10.6. The van der Waals surface area contributed by atoms with Crippen LogP contribution in [-0.2, 0) is 40.0 Å². The third-order valence-corrected chi connectivity index (χ3v) is 3.49. The number of aliphatic carboxylic acids is 2. The van der Waals surface area contributed by atoms with Crippen molar-refractivity contribution in [2.24, 2.45) is 11.3 Å². The number of nitrogens with one attached hydrogen (secondary N) is 1. The molecule has 0 aliphatic heterocycles. The first-order valence-electron chi connectivity index (χ1n) is 7.70. The summed E-state index contributed by atoms with van der Waals surface area (Å²) in [5.41, 5.74) is 6.28. The summed E-state index contributed by atoms with van der Waals surface area (Å²) in [6, 6.07) is 0. The van der Waals surface area contributed by atoms with Gasteiger partial charge in [0, 0.05) is 13.2 Å². The smallest absolute Gasteiger partial charge is 0.677 e. The predicted molar refractivity (Wildman–Crippen MR) is 98.1 cm³/mol. The first kappa shape index (κ1) is 35.2. The van der Waals surface area contributed by atoms with Crippen LogP contribution in [0.5, 0.6) is 0 Å². The fourth-order valence-electron chi connectivity index (χ4n) is 1.36. The molecule has 0 aromatic rings. The minimum atomic E-state index is -1.06. The molecule has 12 nitrogen and oxygen atoms in total. The minimum absolute atomic E-state index is 0. The van der Waals surface area contributed by atoms with Crippen LogP contribution >= 0.6 is 9.03 Å². The van der Waals surface area contributed by atoms with Gasteiger partial charge in [-0.05, 0) is 32.5 Å². The van der Waals surface area contributed by atoms with Crippen molar-refractivity contribution >= 4 is 21.0 Å². The van der Waals surface area contributed by atoms with Gasteiger partial charge in [0.05, 0.1) is 12.3 Å². The quantitative estimate of drug-likeness (QED) is 0.0788. The van der Waals surface area contributed by atoms with Crippen molar-refractivity contribution in [3.63, 3.8) is 0 Å². The number of aliphatic hydroxyl groups is 2. The van der Waals surface area contributed by atoms with Crippen LogP contribution in [0.15, 0.2) is 0 Å². The fraction of sp³-hybridized carbons (Fsp3) is 0.786. The van der Waals surface area contributed by atoms with E-state index in [1.165, 1.54) is 0 Å². The van der Waals surface area contributed by atoms with Crippen LogP contribution in [0.2, 0.25) is 0 Å². The number of carboxylic acid groups (broad SMARTS) is 2. The zero-order valence-corrected chi connectivity index (χ0v) is 19.1. The van der Waals surface area contributed by atoms with Crippen LogP contribution in [0.1, 0.15) is 19.3 Å². The van der Waals surface area contributed by atoms with Gasteiger partial charge in [-0.1, -0.05) is 0 Å². The Bertz CT molecular complexity index is 357. The van der Waals surface area contributed by atoms with Gasteiger partial charge in [-0.3, -0.25) is 9.59 Å². The number of carbonyl (C=O) groups is 2. The number of hydrogen-bond donors (Lipinski definition) is 6. The van der Waals surface area contributed by atoms with E-state index in [4.69, 9.17) is 36.7 Å². The maximum atomic E-state index is 10.6. The average molecular weight is 613 g/mol. The van der Waals surface area contributed by atoms with Crippen LogP contribution in [0.25, 0.3) is 5.73 Å². The van der Waals surface area contributed by atoms with E-state index in [1.807, 2.05) is 19.0 Å². The topological polar surface area (TPSA) is 201 Å². The van der Waals surface area contributed by atoms with E-state index in [1.54, 1.807) is 0 Å². The maximum Gasteiger partial charge on any atom is 2.00 e. The van der Waals surface area contributed by atoms with E-state index in [-0.39, 0.29) is 47.2 Å². The molecule has 0 bridgehead atoms. The van der Waals surface area contributed by atoms with Crippen molar-refractivity contribution in [2.75, 3.05) is 40.4 Å². The largest absolute Gasteiger partial charge is 2.00 e. The molecule has 0 heterocycles. The summed E-state index contributed by atoms with van der Waals surface area (Å²) in [5.74, 6) is -2.88. The van der Waals surface area contributed by atoms with Gasteiger partial charge in [-0.2, -0.15) is 15.8 Å². The molecule has 0 aromatic carbocycles. The number of rotatable bonds is 12. The molecule has 0 fully saturated rings. The van der Waals surface area contributed by atoms with Crippen molar-refractivity contribution in [1.82, 2.24) is 4.90 Å². The standard InChI is InChI=1S/C8H15NO4.C6H13NO2.H3O4P.Pt/c1-9(2)4-3-6(8(12)13)5-7(10)11;1-2-6(3-7,4-8)5-9;1-3-5-4-2;/h6H,3-5H2,1-2H3,(H,10,11)(H,12,13);7-9H,1-5H2;1-2,5H;/q;-2;;+2. The zero-order chi connectivity index (χ0) is 21.9. The molecule has 28 heavy (non-hydrogen) atoms. The Morgan fingerprint density at radius 3 is 1.79 bits per heavy atom. The molecule has 1 atom stereocenters. The fourth-order valence-corrected chi connectivity index (χ4v) is 1.40. The molecule has 7 N–H and O–H groups in total. The monoisotopic (exact) mass is 613 g/mol. The molecule has 0 spiro atoms. The molecule has 0 aromatic heterocycles. The Morgan fingerprint density at radius 2 is 1.64 bits per heavy atom. The van der Waals surface area contributed by atoms with Crippen molar-refractivity contribution in [3.8, 4) is 0 Å². The summed E-state index contributed by atoms with van der Waals surface area (Å²) >= 11 is 0. The third kappa shape index (κ3) is 22.0. The molecule has 0 radical (unpaired) electrons. The summed E-state index contributed by atoms with van der Waals surface area (Å²) in [5, 5.41) is 49.0. The van der Waals surface area contributed by atoms with Gasteiger partial charge < -0.3 is 38.0 Å². The number of aliphatic hydroxyl groups excluding tert-OH is 2. The SMILES string of the molecule is CN(C)CCC(CC(=O)O)C(=O)O.OOPOO.[CH2-]CC(C[NH-])(CO)CO.[Pt+2]. The normalized spacial score (nSPS) is 11.3. The molecule has 1 unspecified atom stereocenters. The summed E-state index contributed by atoms with van der Waals surface area (Å²) in [4.78, 5) is 22.7. The van der Waals surface area contributed by atoms with Crippen LogP contribution in [0, 0.1) is 18.3 Å². The van der Waals surface area contributed by atoms with Crippen LogP contribution in [0.3, 0.4) is 0 Å². The van der Waals surface area contributed by atoms with Crippen molar-refractivity contribution in [3.05, 3.63) is 12.7 Å². The first-order valence-corrected chi connectivity index (χ1v) is 8.51. The van der Waals surface area contributed by atoms with Gasteiger partial charge in [-0.15, -0.1) is 6.54 Å². The summed E-state index contributed by atoms with van der Waals surface area (Å²) in [6.07, 6.45) is 0.474. The van der Waals surface area contributed by atoms with E-state index in [9.17, 15) is 9.59 Å². The second-order valence-electron chi connectivity index (χ2n) is 5.73. The van der Waals surface area contributed by atoms with E-state index in [2.05, 4.69) is 16.3 Å². The molecule has 0 aliphatic carbocycles. The zero-order valence-electron chi connectivity index (χ0n) is 15.8. The minimum Gasteiger partial charge on any atom is -0.677 e. The Kier molecular flexibility index (Phi) is 28.9.